The number of alkyl halides is 3. The van der Waals surface area contributed by atoms with Crippen molar-refractivity contribution in [3.8, 4) is 0 Å². The van der Waals surface area contributed by atoms with Gasteiger partial charge in [-0.25, -0.2) is 4.79 Å². The van der Waals surface area contributed by atoms with Gasteiger partial charge in [-0.2, -0.15) is 13.2 Å². The summed E-state index contributed by atoms with van der Waals surface area (Å²) in [6.45, 7) is 2.55. The van der Waals surface area contributed by atoms with Crippen LogP contribution in [-0.2, 0) is 6.54 Å². The molecule has 0 aromatic carbocycles. The summed E-state index contributed by atoms with van der Waals surface area (Å²) in [4.78, 5) is 16.4. The summed E-state index contributed by atoms with van der Waals surface area (Å²) in [5, 5.41) is 2.45. The van der Waals surface area contributed by atoms with Gasteiger partial charge in [0, 0.05) is 6.20 Å². The lowest BCUT2D eigenvalue weighted by molar-refractivity contribution is -0.140. The minimum atomic E-state index is -4.41. The third-order valence-corrected chi connectivity index (χ3v) is 2.90. The van der Waals surface area contributed by atoms with Crippen molar-refractivity contribution in [1.29, 1.82) is 0 Å². The van der Waals surface area contributed by atoms with Gasteiger partial charge < -0.3 is 10.2 Å². The van der Waals surface area contributed by atoms with Crippen molar-refractivity contribution in [1.82, 2.24) is 9.88 Å². The van der Waals surface area contributed by atoms with Gasteiger partial charge in [-0.3, -0.25) is 4.98 Å². The van der Waals surface area contributed by atoms with Crippen LogP contribution in [0.2, 0.25) is 0 Å². The number of amides is 2. The van der Waals surface area contributed by atoms with Gasteiger partial charge >= 0.3 is 12.2 Å². The average Bonchev–Trinajstić information content (AvgIpc) is 2.27. The molecule has 19 heavy (non-hydrogen) atoms. The minimum Gasteiger partial charge on any atom is -0.309 e. The number of fused-ring (bicyclic) bond motifs is 1. The van der Waals surface area contributed by atoms with Crippen LogP contribution < -0.4 is 5.32 Å². The first-order valence-electron chi connectivity index (χ1n) is 5.88. The van der Waals surface area contributed by atoms with Crippen LogP contribution in [0.15, 0.2) is 12.3 Å². The van der Waals surface area contributed by atoms with Gasteiger partial charge in [0.1, 0.15) is 6.54 Å². The molecular weight excluding hydrogens is 259 g/mol. The molecule has 0 spiro atoms. The Morgan fingerprint density at radius 1 is 1.47 bits per heavy atom. The van der Waals surface area contributed by atoms with E-state index in [-0.39, 0.29) is 12.5 Å². The third-order valence-electron chi connectivity index (χ3n) is 2.90. The fraction of sp³-hybridized carbons (Fsp3) is 0.500. The summed E-state index contributed by atoms with van der Waals surface area (Å²) in [7, 11) is 0. The molecule has 0 saturated carbocycles. The van der Waals surface area contributed by atoms with Crippen molar-refractivity contribution in [3.63, 3.8) is 0 Å². The molecule has 2 rings (SSSR count). The summed E-state index contributed by atoms with van der Waals surface area (Å²) in [5.41, 5.74) is 1.88. The summed E-state index contributed by atoms with van der Waals surface area (Å²) < 4.78 is 37.0. The molecule has 7 heteroatoms. The Morgan fingerprint density at radius 3 is 2.74 bits per heavy atom. The van der Waals surface area contributed by atoms with Crippen LogP contribution >= 0.6 is 0 Å². The SMILES string of the molecule is CC(C)c1cnc2c(c1)NC(=O)N(CC(F)(F)F)C2. The summed E-state index contributed by atoms with van der Waals surface area (Å²) in [6.07, 6.45) is -2.78. The topological polar surface area (TPSA) is 45.2 Å². The predicted octanol–water partition coefficient (Wildman–Crippen LogP) is 3.11. The number of rotatable bonds is 2. The lowest BCUT2D eigenvalue weighted by Gasteiger charge is -2.29. The molecule has 2 heterocycles. The predicted molar refractivity (Wildman–Crippen MR) is 63.8 cm³/mol. The molecule has 0 bridgehead atoms. The molecule has 1 N–H and O–H groups in total. The minimum absolute atomic E-state index is 0.126. The van der Waals surface area contributed by atoms with Crippen LogP contribution in [0.5, 0.6) is 0 Å². The van der Waals surface area contributed by atoms with E-state index in [2.05, 4.69) is 10.3 Å². The highest BCUT2D eigenvalue weighted by Crippen LogP contribution is 2.27. The molecule has 2 amide bonds. The van der Waals surface area contributed by atoms with E-state index >= 15 is 0 Å². The Balaban J connectivity index is 2.22. The molecule has 1 aromatic rings. The van der Waals surface area contributed by atoms with Crippen molar-refractivity contribution >= 4 is 11.7 Å². The molecule has 4 nitrogen and oxygen atoms in total. The van der Waals surface area contributed by atoms with Crippen LogP contribution in [0, 0.1) is 0 Å². The van der Waals surface area contributed by atoms with E-state index in [4.69, 9.17) is 0 Å². The first-order valence-corrected chi connectivity index (χ1v) is 5.88. The lowest BCUT2D eigenvalue weighted by Crippen LogP contribution is -2.44. The van der Waals surface area contributed by atoms with Crippen LogP contribution in [0.25, 0.3) is 0 Å². The van der Waals surface area contributed by atoms with Gasteiger partial charge in [0.15, 0.2) is 0 Å². The van der Waals surface area contributed by atoms with Gasteiger partial charge in [-0.05, 0) is 17.5 Å². The van der Waals surface area contributed by atoms with E-state index in [1.807, 2.05) is 13.8 Å². The van der Waals surface area contributed by atoms with E-state index in [1.165, 1.54) is 0 Å². The fourth-order valence-electron chi connectivity index (χ4n) is 1.85. The number of pyridine rings is 1. The van der Waals surface area contributed by atoms with E-state index in [0.717, 1.165) is 5.56 Å². The number of hydrogen-bond acceptors (Lipinski definition) is 2. The normalized spacial score (nSPS) is 15.5. The number of urea groups is 1. The third kappa shape index (κ3) is 3.15. The second-order valence-electron chi connectivity index (χ2n) is 4.82. The molecule has 0 atom stereocenters. The van der Waals surface area contributed by atoms with E-state index < -0.39 is 18.8 Å². The first-order chi connectivity index (χ1) is 8.76. The van der Waals surface area contributed by atoms with Gasteiger partial charge in [0.25, 0.3) is 0 Å². The summed E-state index contributed by atoms with van der Waals surface area (Å²) in [6, 6.07) is 1.02. The number of carbonyl (C=O) groups is 1. The maximum atomic E-state index is 12.3. The van der Waals surface area contributed by atoms with E-state index in [9.17, 15) is 18.0 Å². The fourth-order valence-corrected chi connectivity index (χ4v) is 1.85. The zero-order chi connectivity index (χ0) is 14.2. The molecule has 0 unspecified atom stereocenters. The Morgan fingerprint density at radius 2 is 2.16 bits per heavy atom. The van der Waals surface area contributed by atoms with E-state index in [0.29, 0.717) is 16.3 Å². The second kappa shape index (κ2) is 4.71. The molecule has 1 aliphatic heterocycles. The number of anilines is 1. The molecule has 1 aliphatic rings. The van der Waals surface area contributed by atoms with Gasteiger partial charge in [0.2, 0.25) is 0 Å². The number of carbonyl (C=O) groups excluding carboxylic acids is 1. The molecule has 0 saturated heterocycles. The Kier molecular flexibility index (Phi) is 3.38. The molecule has 1 aromatic heterocycles. The maximum Gasteiger partial charge on any atom is 0.406 e. The Labute approximate surface area is 108 Å². The molecule has 0 radical (unpaired) electrons. The highest BCUT2D eigenvalue weighted by molar-refractivity contribution is 5.92. The largest absolute Gasteiger partial charge is 0.406 e. The second-order valence-corrected chi connectivity index (χ2v) is 4.82. The van der Waals surface area contributed by atoms with Crippen LogP contribution in [-0.4, -0.2) is 28.6 Å². The summed E-state index contributed by atoms with van der Waals surface area (Å²) >= 11 is 0. The Bertz CT molecular complexity index is 499. The van der Waals surface area contributed by atoms with Crippen molar-refractivity contribution in [2.24, 2.45) is 0 Å². The number of nitrogens with one attached hydrogen (secondary N) is 1. The molecule has 104 valence electrons. The van der Waals surface area contributed by atoms with Crippen molar-refractivity contribution in [2.45, 2.75) is 32.5 Å². The van der Waals surface area contributed by atoms with E-state index in [1.54, 1.807) is 12.3 Å². The lowest BCUT2D eigenvalue weighted by atomic mass is 10.0. The first kappa shape index (κ1) is 13.6. The number of halogens is 3. The van der Waals surface area contributed by atoms with Crippen molar-refractivity contribution in [2.75, 3.05) is 11.9 Å². The van der Waals surface area contributed by atoms with Crippen LogP contribution in [0.4, 0.5) is 23.7 Å². The Hall–Kier alpha value is -1.79. The zero-order valence-electron chi connectivity index (χ0n) is 10.6. The number of hydrogen-bond donors (Lipinski definition) is 1. The monoisotopic (exact) mass is 273 g/mol. The van der Waals surface area contributed by atoms with Crippen molar-refractivity contribution < 1.29 is 18.0 Å². The summed E-state index contributed by atoms with van der Waals surface area (Å²) in [5.74, 6) is 0.239. The smallest absolute Gasteiger partial charge is 0.309 e. The molecule has 0 fully saturated rings. The van der Waals surface area contributed by atoms with Crippen LogP contribution in [0.3, 0.4) is 0 Å². The number of aromatic nitrogens is 1. The average molecular weight is 273 g/mol. The highest BCUT2D eigenvalue weighted by atomic mass is 19.4. The quantitative estimate of drug-likeness (QED) is 0.899. The van der Waals surface area contributed by atoms with Gasteiger partial charge in [-0.15, -0.1) is 0 Å². The molecule has 0 aliphatic carbocycles. The number of nitrogens with zero attached hydrogens (tertiary/aromatic N) is 2. The van der Waals surface area contributed by atoms with Crippen LogP contribution in [0.1, 0.15) is 31.0 Å². The standard InChI is InChI=1S/C12H14F3N3O/c1-7(2)8-3-9-10(16-4-8)5-18(11(19)17-9)6-12(13,14)15/h3-4,7H,5-6H2,1-2H3,(H,17,19). The zero-order valence-corrected chi connectivity index (χ0v) is 10.6. The van der Waals surface area contributed by atoms with Crippen molar-refractivity contribution in [3.05, 3.63) is 23.5 Å². The van der Waals surface area contributed by atoms with Gasteiger partial charge in [-0.1, -0.05) is 13.8 Å². The molecular formula is C12H14F3N3O. The highest BCUT2D eigenvalue weighted by Gasteiger charge is 2.35. The van der Waals surface area contributed by atoms with Gasteiger partial charge in [0.05, 0.1) is 17.9 Å². The maximum absolute atomic E-state index is 12.3.